The molecular weight excluding hydrogens is 242 g/mol. The van der Waals surface area contributed by atoms with Crippen LogP contribution < -0.4 is 10.6 Å². The molecule has 2 N–H and O–H groups in total. The molecule has 0 saturated carbocycles. The highest BCUT2D eigenvalue weighted by molar-refractivity contribution is 5.91. The summed E-state index contributed by atoms with van der Waals surface area (Å²) >= 11 is 0. The van der Waals surface area contributed by atoms with Gasteiger partial charge in [-0.25, -0.2) is 9.97 Å². The van der Waals surface area contributed by atoms with E-state index < -0.39 is 0 Å². The summed E-state index contributed by atoms with van der Waals surface area (Å²) < 4.78 is 0. The number of rotatable bonds is 4. The van der Waals surface area contributed by atoms with Crippen molar-refractivity contribution in [2.45, 2.75) is 13.5 Å². The molecule has 0 bridgehead atoms. The van der Waals surface area contributed by atoms with E-state index in [-0.39, 0.29) is 11.6 Å². The predicted octanol–water partition coefficient (Wildman–Crippen LogP) is 1.15. The van der Waals surface area contributed by atoms with Crippen LogP contribution in [0.3, 0.4) is 0 Å². The van der Waals surface area contributed by atoms with Crippen LogP contribution in [-0.2, 0) is 6.54 Å². The van der Waals surface area contributed by atoms with E-state index in [1.165, 1.54) is 12.4 Å². The van der Waals surface area contributed by atoms with Crippen LogP contribution in [-0.4, -0.2) is 27.9 Å². The summed E-state index contributed by atoms with van der Waals surface area (Å²) in [5.74, 6) is 0.357. The average Bonchev–Trinajstić information content (AvgIpc) is 2.45. The Balaban J connectivity index is 1.97. The van der Waals surface area contributed by atoms with Crippen molar-refractivity contribution in [2.24, 2.45) is 0 Å². The Labute approximate surface area is 111 Å². The Hall–Kier alpha value is -2.50. The minimum absolute atomic E-state index is 0.265. The number of carbonyl (C=O) groups is 1. The number of amides is 1. The van der Waals surface area contributed by atoms with Crippen molar-refractivity contribution in [2.75, 3.05) is 12.4 Å². The van der Waals surface area contributed by atoms with E-state index in [1.54, 1.807) is 7.05 Å². The predicted molar refractivity (Wildman–Crippen MR) is 71.7 cm³/mol. The maximum atomic E-state index is 11.8. The number of pyridine rings is 1. The van der Waals surface area contributed by atoms with Crippen LogP contribution in [0.1, 0.15) is 21.9 Å². The molecule has 2 heterocycles. The molecule has 6 nitrogen and oxygen atoms in total. The monoisotopic (exact) mass is 257 g/mol. The first-order valence-corrected chi connectivity index (χ1v) is 5.89. The van der Waals surface area contributed by atoms with Gasteiger partial charge in [-0.3, -0.25) is 9.78 Å². The van der Waals surface area contributed by atoms with Crippen LogP contribution >= 0.6 is 0 Å². The molecule has 0 aliphatic rings. The first-order chi connectivity index (χ1) is 9.19. The van der Waals surface area contributed by atoms with E-state index in [1.807, 2.05) is 25.1 Å². The molecule has 6 heteroatoms. The minimum atomic E-state index is -0.265. The van der Waals surface area contributed by atoms with Gasteiger partial charge in [0.15, 0.2) is 0 Å². The Morgan fingerprint density at radius 2 is 2.11 bits per heavy atom. The van der Waals surface area contributed by atoms with Crippen LogP contribution in [0.5, 0.6) is 0 Å². The van der Waals surface area contributed by atoms with E-state index in [2.05, 4.69) is 25.6 Å². The van der Waals surface area contributed by atoms with Gasteiger partial charge in [-0.2, -0.15) is 0 Å². The summed E-state index contributed by atoms with van der Waals surface area (Å²) in [5.41, 5.74) is 2.02. The number of carbonyl (C=O) groups excluding carboxylic acids is 1. The third kappa shape index (κ3) is 3.48. The van der Waals surface area contributed by atoms with E-state index in [4.69, 9.17) is 0 Å². The van der Waals surface area contributed by atoms with Gasteiger partial charge in [0.2, 0.25) is 0 Å². The smallest absolute Gasteiger partial charge is 0.271 e. The number of aromatic nitrogens is 3. The number of nitrogens with one attached hydrogen (secondary N) is 2. The lowest BCUT2D eigenvalue weighted by Gasteiger charge is -2.05. The molecule has 0 radical (unpaired) electrons. The maximum absolute atomic E-state index is 11.8. The zero-order valence-electron chi connectivity index (χ0n) is 10.8. The first-order valence-electron chi connectivity index (χ1n) is 5.89. The number of nitrogens with zero attached hydrogens (tertiary/aromatic N) is 3. The second kappa shape index (κ2) is 5.90. The van der Waals surface area contributed by atoms with Gasteiger partial charge in [0.1, 0.15) is 11.5 Å². The largest absolute Gasteiger partial charge is 0.372 e. The van der Waals surface area contributed by atoms with Gasteiger partial charge in [0.25, 0.3) is 5.91 Å². The zero-order chi connectivity index (χ0) is 13.7. The van der Waals surface area contributed by atoms with Crippen LogP contribution in [0, 0.1) is 6.92 Å². The van der Waals surface area contributed by atoms with E-state index >= 15 is 0 Å². The molecule has 1 amide bonds. The summed E-state index contributed by atoms with van der Waals surface area (Å²) in [5, 5.41) is 5.60. The van der Waals surface area contributed by atoms with E-state index in [9.17, 15) is 4.79 Å². The zero-order valence-corrected chi connectivity index (χ0v) is 10.8. The van der Waals surface area contributed by atoms with Gasteiger partial charge in [-0.05, 0) is 19.1 Å². The summed E-state index contributed by atoms with van der Waals surface area (Å²) in [4.78, 5) is 24.2. The average molecular weight is 257 g/mol. The third-order valence-corrected chi connectivity index (χ3v) is 2.52. The van der Waals surface area contributed by atoms with E-state index in [0.717, 1.165) is 11.4 Å². The summed E-state index contributed by atoms with van der Waals surface area (Å²) in [6, 6.07) is 5.68. The molecule has 2 aromatic heterocycles. The normalized spacial score (nSPS) is 10.0. The lowest BCUT2D eigenvalue weighted by molar-refractivity contribution is 0.0945. The van der Waals surface area contributed by atoms with Crippen molar-refractivity contribution in [1.82, 2.24) is 20.3 Å². The summed E-state index contributed by atoms with van der Waals surface area (Å²) in [7, 11) is 1.74. The molecule has 0 spiro atoms. The molecule has 0 atom stereocenters. The lowest BCUT2D eigenvalue weighted by atomic mass is 10.3. The molecule has 19 heavy (non-hydrogen) atoms. The van der Waals surface area contributed by atoms with Crippen LogP contribution in [0.2, 0.25) is 0 Å². The molecule has 98 valence electrons. The Bertz CT molecular complexity index is 568. The highest BCUT2D eigenvalue weighted by atomic mass is 16.1. The maximum Gasteiger partial charge on any atom is 0.271 e. The van der Waals surface area contributed by atoms with Gasteiger partial charge >= 0.3 is 0 Å². The Kier molecular flexibility index (Phi) is 4.02. The number of hydrogen-bond acceptors (Lipinski definition) is 5. The molecule has 2 rings (SSSR count). The fourth-order valence-corrected chi connectivity index (χ4v) is 1.53. The van der Waals surface area contributed by atoms with Crippen molar-refractivity contribution in [3.8, 4) is 0 Å². The number of hydrogen-bond donors (Lipinski definition) is 2. The summed E-state index contributed by atoms with van der Waals surface area (Å²) in [6.45, 7) is 2.28. The molecular formula is C13H15N5O. The quantitative estimate of drug-likeness (QED) is 0.859. The van der Waals surface area contributed by atoms with Gasteiger partial charge in [-0.15, -0.1) is 0 Å². The lowest BCUT2D eigenvalue weighted by Crippen LogP contribution is -2.24. The van der Waals surface area contributed by atoms with Crippen LogP contribution in [0.4, 0.5) is 5.82 Å². The second-order valence-corrected chi connectivity index (χ2v) is 3.99. The Morgan fingerprint density at radius 3 is 2.74 bits per heavy atom. The highest BCUT2D eigenvalue weighted by Crippen LogP contribution is 2.01. The SMILES string of the molecule is CNc1cnc(C(=O)NCc2cccc(C)n2)cn1. The first kappa shape index (κ1) is 12.9. The minimum Gasteiger partial charge on any atom is -0.372 e. The van der Waals surface area contributed by atoms with Crippen molar-refractivity contribution >= 4 is 11.7 Å². The van der Waals surface area contributed by atoms with Crippen molar-refractivity contribution in [1.29, 1.82) is 0 Å². The molecule has 0 aliphatic heterocycles. The molecule has 0 unspecified atom stereocenters. The highest BCUT2D eigenvalue weighted by Gasteiger charge is 2.07. The molecule has 0 saturated heterocycles. The molecule has 2 aromatic rings. The molecule has 0 aliphatic carbocycles. The van der Waals surface area contributed by atoms with Crippen molar-refractivity contribution < 1.29 is 4.79 Å². The molecule has 0 fully saturated rings. The number of aryl methyl sites for hydroxylation is 1. The summed E-state index contributed by atoms with van der Waals surface area (Å²) in [6.07, 6.45) is 2.95. The van der Waals surface area contributed by atoms with Gasteiger partial charge < -0.3 is 10.6 Å². The van der Waals surface area contributed by atoms with Crippen LogP contribution in [0.15, 0.2) is 30.6 Å². The standard InChI is InChI=1S/C13H15N5O/c1-9-4-3-5-10(18-9)6-17-13(19)11-7-16-12(14-2)8-15-11/h3-5,7-8H,6H2,1-2H3,(H,14,16)(H,17,19). The van der Waals surface area contributed by atoms with Crippen molar-refractivity contribution in [3.05, 3.63) is 47.7 Å². The van der Waals surface area contributed by atoms with Crippen LogP contribution in [0.25, 0.3) is 0 Å². The third-order valence-electron chi connectivity index (χ3n) is 2.52. The van der Waals surface area contributed by atoms with Gasteiger partial charge in [0, 0.05) is 12.7 Å². The van der Waals surface area contributed by atoms with Crippen molar-refractivity contribution in [3.63, 3.8) is 0 Å². The second-order valence-electron chi connectivity index (χ2n) is 3.99. The van der Waals surface area contributed by atoms with Gasteiger partial charge in [0.05, 0.1) is 24.6 Å². The fraction of sp³-hybridized carbons (Fsp3) is 0.231. The fourth-order valence-electron chi connectivity index (χ4n) is 1.53. The topological polar surface area (TPSA) is 79.8 Å². The van der Waals surface area contributed by atoms with Gasteiger partial charge in [-0.1, -0.05) is 6.07 Å². The van der Waals surface area contributed by atoms with E-state index in [0.29, 0.717) is 12.4 Å². The Morgan fingerprint density at radius 1 is 1.26 bits per heavy atom. The number of anilines is 1. The molecule has 0 aromatic carbocycles.